The molecule has 0 aliphatic carbocycles. The Labute approximate surface area is 144 Å². The van der Waals surface area contributed by atoms with Crippen molar-refractivity contribution < 1.29 is 40.3 Å². The van der Waals surface area contributed by atoms with Gasteiger partial charge in [0.2, 0.25) is 0 Å². The van der Waals surface area contributed by atoms with Gasteiger partial charge >= 0.3 is 5.97 Å². The van der Waals surface area contributed by atoms with Crippen molar-refractivity contribution in [3.8, 4) is 0 Å². The van der Waals surface area contributed by atoms with Gasteiger partial charge in [0, 0.05) is 22.7 Å². The Kier molecular flexibility index (Phi) is 6.72. The fourth-order valence-electron chi connectivity index (χ4n) is 1.72. The zero-order valence-electron chi connectivity index (χ0n) is 12.7. The van der Waals surface area contributed by atoms with Gasteiger partial charge in [0.1, 0.15) is 0 Å². The molecule has 0 unspecified atom stereocenters. The fraction of sp³-hybridized carbons (Fsp3) is 0.286. The van der Waals surface area contributed by atoms with Crippen LogP contribution in [0.5, 0.6) is 0 Å². The normalized spacial score (nSPS) is 11.3. The first kappa shape index (κ1) is 21.1. The quantitative estimate of drug-likeness (QED) is 0.133. The van der Waals surface area contributed by atoms with Crippen LogP contribution >= 0.6 is 10.7 Å². The van der Waals surface area contributed by atoms with Gasteiger partial charge in [-0.2, -0.15) is 0 Å². The number of Topliss-reactive ketones (excluding diaryl/α,β-unsaturated/α-hetero) is 1. The van der Waals surface area contributed by atoms with Crippen LogP contribution in [0.2, 0.25) is 0 Å². The molecule has 0 aliphatic heterocycles. The van der Waals surface area contributed by atoms with E-state index in [1.165, 1.54) is 6.92 Å². The van der Waals surface area contributed by atoms with Crippen LogP contribution in [0, 0.1) is 23.3 Å². The van der Waals surface area contributed by atoms with E-state index in [-0.39, 0.29) is 18.6 Å². The zero-order valence-corrected chi connectivity index (χ0v) is 14.2. The van der Waals surface area contributed by atoms with E-state index in [1.54, 1.807) is 0 Å². The van der Waals surface area contributed by atoms with Crippen molar-refractivity contribution in [2.24, 2.45) is 0 Å². The van der Waals surface area contributed by atoms with Gasteiger partial charge in [-0.25, -0.2) is 30.8 Å². The average molecular weight is 403 g/mol. The predicted octanol–water partition coefficient (Wildman–Crippen LogP) is 3.25. The first-order chi connectivity index (χ1) is 11.4. The van der Waals surface area contributed by atoms with E-state index in [1.807, 2.05) is 0 Å². The minimum absolute atomic E-state index is 0.0884. The van der Waals surface area contributed by atoms with Crippen LogP contribution in [0.4, 0.5) is 17.6 Å². The van der Waals surface area contributed by atoms with E-state index in [9.17, 15) is 35.6 Å². The minimum Gasteiger partial charge on any atom is -0.462 e. The lowest BCUT2D eigenvalue weighted by Crippen LogP contribution is -2.15. The maximum Gasteiger partial charge on any atom is 0.333 e. The number of ether oxygens (including phenoxy) is 1. The van der Waals surface area contributed by atoms with E-state index in [4.69, 9.17) is 10.7 Å². The Morgan fingerprint density at radius 2 is 1.56 bits per heavy atom. The van der Waals surface area contributed by atoms with Gasteiger partial charge in [0.15, 0.2) is 33.9 Å². The van der Waals surface area contributed by atoms with Crippen molar-refractivity contribution in [3.63, 3.8) is 0 Å². The lowest BCUT2D eigenvalue weighted by molar-refractivity contribution is -0.139. The largest absolute Gasteiger partial charge is 0.462 e. The van der Waals surface area contributed by atoms with Gasteiger partial charge in [-0.1, -0.05) is 6.58 Å². The summed E-state index contributed by atoms with van der Waals surface area (Å²) in [4.78, 5) is 20.9. The number of carbonyl (C=O) groups excluding carboxylic acids is 2. The second-order valence-electron chi connectivity index (χ2n) is 4.84. The smallest absolute Gasteiger partial charge is 0.333 e. The van der Waals surface area contributed by atoms with Gasteiger partial charge in [0.25, 0.3) is 9.05 Å². The summed E-state index contributed by atoms with van der Waals surface area (Å²) in [7, 11) is -0.404. The molecule has 0 saturated heterocycles. The fourth-order valence-corrected chi connectivity index (χ4v) is 2.73. The molecule has 1 aromatic carbocycles. The molecule has 1 aromatic rings. The molecule has 11 heteroatoms. The second-order valence-corrected chi connectivity index (χ2v) is 7.34. The van der Waals surface area contributed by atoms with Gasteiger partial charge in [-0.05, 0) is 13.3 Å². The van der Waals surface area contributed by atoms with Crippen molar-refractivity contribution in [2.75, 3.05) is 6.61 Å². The molecular weight excluding hydrogens is 392 g/mol. The number of esters is 1. The summed E-state index contributed by atoms with van der Waals surface area (Å²) in [6.45, 7) is 4.37. The zero-order chi connectivity index (χ0) is 19.5. The topological polar surface area (TPSA) is 77.5 Å². The lowest BCUT2D eigenvalue weighted by Gasteiger charge is -2.10. The number of carbonyl (C=O) groups is 2. The summed E-state index contributed by atoms with van der Waals surface area (Å²) in [6, 6.07) is 0. The molecule has 0 heterocycles. The van der Waals surface area contributed by atoms with E-state index in [2.05, 4.69) is 11.3 Å². The highest BCUT2D eigenvalue weighted by atomic mass is 35.7. The highest BCUT2D eigenvalue weighted by molar-refractivity contribution is 8.13. The maximum atomic E-state index is 13.8. The highest BCUT2D eigenvalue weighted by Crippen LogP contribution is 2.30. The Morgan fingerprint density at radius 1 is 1.08 bits per heavy atom. The van der Waals surface area contributed by atoms with Gasteiger partial charge in [-0.15, -0.1) is 0 Å². The Balaban J connectivity index is 3.05. The number of halogens is 5. The first-order valence-corrected chi connectivity index (χ1v) is 8.87. The average Bonchev–Trinajstić information content (AvgIpc) is 2.48. The van der Waals surface area contributed by atoms with Crippen molar-refractivity contribution in [1.82, 2.24) is 0 Å². The summed E-state index contributed by atoms with van der Waals surface area (Å²) < 4.78 is 81.6. The summed E-state index contributed by atoms with van der Waals surface area (Å²) >= 11 is 0. The van der Waals surface area contributed by atoms with Crippen molar-refractivity contribution in [1.29, 1.82) is 0 Å². The van der Waals surface area contributed by atoms with Crippen molar-refractivity contribution >= 4 is 31.5 Å². The summed E-state index contributed by atoms with van der Waals surface area (Å²) in [5.41, 5.74) is -1.49. The highest BCUT2D eigenvalue weighted by Gasteiger charge is 2.34. The molecule has 25 heavy (non-hydrogen) atoms. The predicted molar refractivity (Wildman–Crippen MR) is 78.7 cm³/mol. The molecule has 0 spiro atoms. The molecule has 0 aliphatic rings. The van der Waals surface area contributed by atoms with Crippen LogP contribution in [0.3, 0.4) is 0 Å². The van der Waals surface area contributed by atoms with E-state index >= 15 is 0 Å². The van der Waals surface area contributed by atoms with Crippen LogP contribution in [0.25, 0.3) is 0 Å². The molecule has 0 saturated carbocycles. The third-order valence-electron chi connectivity index (χ3n) is 2.88. The van der Waals surface area contributed by atoms with Gasteiger partial charge in [0.05, 0.1) is 12.2 Å². The van der Waals surface area contributed by atoms with Crippen LogP contribution in [-0.2, 0) is 18.6 Å². The Morgan fingerprint density at radius 3 is 1.96 bits per heavy atom. The number of rotatable bonds is 7. The summed E-state index contributed by atoms with van der Waals surface area (Å²) in [6.07, 6.45) is -0.821. The van der Waals surface area contributed by atoms with Crippen molar-refractivity contribution in [3.05, 3.63) is 41.0 Å². The standard InChI is InChI=1S/C14H11ClF4O5S/c1-6(2)14(21)24-5-3-4-7(20)8-9(16)11(18)13(25(15,22)23)12(19)10(8)17/h1,3-5H2,2H3. The molecule has 0 atom stereocenters. The molecule has 0 aromatic heterocycles. The Bertz CT molecular complexity index is 822. The van der Waals surface area contributed by atoms with E-state index < -0.39 is 61.0 Å². The van der Waals surface area contributed by atoms with Crippen LogP contribution < -0.4 is 0 Å². The molecule has 5 nitrogen and oxygen atoms in total. The van der Waals surface area contributed by atoms with E-state index in [0.717, 1.165) is 0 Å². The monoisotopic (exact) mass is 402 g/mol. The maximum absolute atomic E-state index is 13.8. The molecule has 0 bridgehead atoms. The molecule has 138 valence electrons. The lowest BCUT2D eigenvalue weighted by atomic mass is 10.0. The number of hydrogen-bond donors (Lipinski definition) is 0. The summed E-state index contributed by atoms with van der Waals surface area (Å²) in [5, 5.41) is 0. The number of ketones is 1. The number of hydrogen-bond acceptors (Lipinski definition) is 5. The molecular formula is C14H11ClF4O5S. The van der Waals surface area contributed by atoms with Crippen LogP contribution in [0.1, 0.15) is 30.1 Å². The third kappa shape index (κ3) is 4.79. The molecule has 0 fully saturated rings. The first-order valence-electron chi connectivity index (χ1n) is 6.56. The van der Waals surface area contributed by atoms with Crippen LogP contribution in [-0.4, -0.2) is 26.8 Å². The van der Waals surface area contributed by atoms with Gasteiger partial charge in [-0.3, -0.25) is 4.79 Å². The summed E-state index contributed by atoms with van der Waals surface area (Å²) in [5.74, 6) is -11.1. The van der Waals surface area contributed by atoms with E-state index in [0.29, 0.717) is 0 Å². The molecule has 1 rings (SSSR count). The second kappa shape index (κ2) is 7.96. The molecule has 0 radical (unpaired) electrons. The number of benzene rings is 1. The van der Waals surface area contributed by atoms with Crippen molar-refractivity contribution in [2.45, 2.75) is 24.7 Å². The molecule has 0 N–H and O–H groups in total. The minimum atomic E-state index is -5.13. The SMILES string of the molecule is C=C(C)C(=O)OCCCC(=O)c1c(F)c(F)c(S(=O)(=O)Cl)c(F)c1F. The Hall–Kier alpha value is -1.94. The third-order valence-corrected chi connectivity index (χ3v) is 4.18. The van der Waals surface area contributed by atoms with Gasteiger partial charge < -0.3 is 4.74 Å². The molecule has 0 amide bonds. The van der Waals surface area contributed by atoms with Crippen LogP contribution in [0.15, 0.2) is 17.0 Å².